The van der Waals surface area contributed by atoms with Crippen LogP contribution in [0.25, 0.3) is 0 Å². The van der Waals surface area contributed by atoms with E-state index in [-0.39, 0.29) is 23.5 Å². The van der Waals surface area contributed by atoms with Crippen LogP contribution in [-0.4, -0.2) is 60.9 Å². The van der Waals surface area contributed by atoms with Crippen LogP contribution in [0.3, 0.4) is 0 Å². The molecule has 3 rings (SSSR count). The van der Waals surface area contributed by atoms with Crippen molar-refractivity contribution in [2.75, 3.05) is 29.5 Å². The van der Waals surface area contributed by atoms with Crippen LogP contribution in [0.2, 0.25) is 0 Å². The Balaban J connectivity index is 1.81. The largest absolute Gasteiger partial charge is 0.368 e. The minimum absolute atomic E-state index is 0.00602. The van der Waals surface area contributed by atoms with Crippen LogP contribution in [0.5, 0.6) is 0 Å². The molecule has 144 valence electrons. The van der Waals surface area contributed by atoms with Crippen molar-refractivity contribution in [3.8, 4) is 0 Å². The highest BCUT2D eigenvalue weighted by molar-refractivity contribution is 7.91. The molecule has 0 radical (unpaired) electrons. The van der Waals surface area contributed by atoms with Crippen molar-refractivity contribution in [3.63, 3.8) is 0 Å². The lowest BCUT2D eigenvalue weighted by molar-refractivity contribution is 0.0602. The Morgan fingerprint density at radius 3 is 2.77 bits per heavy atom. The summed E-state index contributed by atoms with van der Waals surface area (Å²) in [7, 11) is -2.95. The molecule has 0 aromatic carbocycles. The third-order valence-electron chi connectivity index (χ3n) is 5.64. The van der Waals surface area contributed by atoms with Crippen LogP contribution >= 0.6 is 0 Å². The number of pyridine rings is 1. The van der Waals surface area contributed by atoms with Crippen LogP contribution in [0, 0.1) is 0 Å². The summed E-state index contributed by atoms with van der Waals surface area (Å²) < 4.78 is 23.7. The molecule has 1 aromatic heterocycles. The second-order valence-electron chi connectivity index (χ2n) is 7.30. The van der Waals surface area contributed by atoms with Crippen molar-refractivity contribution in [1.29, 1.82) is 0 Å². The maximum atomic E-state index is 13.0. The number of rotatable bonds is 5. The number of hydrogen-bond acceptors (Lipinski definition) is 5. The molecule has 2 aliphatic heterocycles. The van der Waals surface area contributed by atoms with E-state index in [1.807, 2.05) is 24.0 Å². The molecule has 6 nitrogen and oxygen atoms in total. The van der Waals surface area contributed by atoms with Crippen molar-refractivity contribution in [1.82, 2.24) is 9.88 Å². The highest BCUT2D eigenvalue weighted by Gasteiger charge is 2.32. The Kier molecular flexibility index (Phi) is 5.85. The molecule has 2 unspecified atom stereocenters. The van der Waals surface area contributed by atoms with Crippen LogP contribution in [-0.2, 0) is 9.84 Å². The summed E-state index contributed by atoms with van der Waals surface area (Å²) in [6.45, 7) is 5.64. The van der Waals surface area contributed by atoms with E-state index in [0.717, 1.165) is 31.5 Å². The minimum Gasteiger partial charge on any atom is -0.368 e. The predicted octanol–water partition coefficient (Wildman–Crippen LogP) is 2.50. The fraction of sp³-hybridized carbons (Fsp3) is 0.684. The van der Waals surface area contributed by atoms with Gasteiger partial charge in [0.05, 0.1) is 11.5 Å². The van der Waals surface area contributed by atoms with Crippen molar-refractivity contribution < 1.29 is 13.2 Å². The van der Waals surface area contributed by atoms with Gasteiger partial charge in [0.2, 0.25) is 0 Å². The Bertz CT molecular complexity index is 750. The molecule has 7 heteroatoms. The molecule has 0 aliphatic carbocycles. The summed E-state index contributed by atoms with van der Waals surface area (Å²) in [5, 5.41) is 0. The first kappa shape index (κ1) is 19.1. The molecule has 1 amide bonds. The second kappa shape index (κ2) is 7.94. The van der Waals surface area contributed by atoms with E-state index in [1.54, 1.807) is 6.20 Å². The molecule has 0 spiro atoms. The average molecular weight is 380 g/mol. The molecular weight excluding hydrogens is 350 g/mol. The van der Waals surface area contributed by atoms with Gasteiger partial charge in [0.25, 0.3) is 5.91 Å². The maximum Gasteiger partial charge on any atom is 0.272 e. The lowest BCUT2D eigenvalue weighted by atomic mass is 9.99. The van der Waals surface area contributed by atoms with Gasteiger partial charge in [0, 0.05) is 37.1 Å². The molecule has 3 heterocycles. The van der Waals surface area contributed by atoms with Gasteiger partial charge in [-0.2, -0.15) is 0 Å². The zero-order valence-electron chi connectivity index (χ0n) is 15.7. The normalized spacial score (nSPS) is 25.2. The number of carbonyl (C=O) groups is 1. The summed E-state index contributed by atoms with van der Waals surface area (Å²) in [6, 6.07) is 3.98. The average Bonchev–Trinajstić information content (AvgIpc) is 3.01. The topological polar surface area (TPSA) is 70.6 Å². The Hall–Kier alpha value is -1.63. The third-order valence-corrected chi connectivity index (χ3v) is 7.39. The highest BCUT2D eigenvalue weighted by Crippen LogP contribution is 2.26. The summed E-state index contributed by atoms with van der Waals surface area (Å²) in [5.74, 6) is 0.432. The number of piperidine rings is 1. The molecular formula is C19H29N3O3S. The summed E-state index contributed by atoms with van der Waals surface area (Å²) >= 11 is 0. The number of amides is 1. The quantitative estimate of drug-likeness (QED) is 0.786. The van der Waals surface area contributed by atoms with Gasteiger partial charge in [-0.15, -0.1) is 0 Å². The van der Waals surface area contributed by atoms with Gasteiger partial charge in [-0.25, -0.2) is 8.42 Å². The van der Waals surface area contributed by atoms with E-state index >= 15 is 0 Å². The van der Waals surface area contributed by atoms with Gasteiger partial charge >= 0.3 is 0 Å². The smallest absolute Gasteiger partial charge is 0.272 e. The number of carbonyl (C=O) groups excluding carboxylic acids is 1. The Labute approximate surface area is 156 Å². The number of anilines is 1. The van der Waals surface area contributed by atoms with Gasteiger partial charge in [-0.3, -0.25) is 9.78 Å². The van der Waals surface area contributed by atoms with Gasteiger partial charge in [0.1, 0.15) is 5.69 Å². The summed E-state index contributed by atoms with van der Waals surface area (Å²) in [5.41, 5.74) is 1.35. The first-order valence-electron chi connectivity index (χ1n) is 9.69. The van der Waals surface area contributed by atoms with Crippen molar-refractivity contribution in [2.45, 2.75) is 58.0 Å². The molecule has 26 heavy (non-hydrogen) atoms. The molecule has 2 atom stereocenters. The van der Waals surface area contributed by atoms with Crippen molar-refractivity contribution in [2.24, 2.45) is 0 Å². The van der Waals surface area contributed by atoms with E-state index in [1.165, 1.54) is 6.42 Å². The SMILES string of the molecule is CCC1CCCCN1C(=O)c1cc(N(CC)C2CCS(=O)(=O)C2)ccn1. The van der Waals surface area contributed by atoms with Crippen molar-refractivity contribution >= 4 is 21.4 Å². The monoisotopic (exact) mass is 379 g/mol. The molecule has 2 aliphatic rings. The number of nitrogens with zero attached hydrogens (tertiary/aromatic N) is 3. The van der Waals surface area contributed by atoms with Crippen LogP contribution < -0.4 is 4.90 Å². The minimum atomic E-state index is -2.95. The molecule has 1 aromatic rings. The zero-order valence-corrected chi connectivity index (χ0v) is 16.5. The lowest BCUT2D eigenvalue weighted by Gasteiger charge is -2.35. The highest BCUT2D eigenvalue weighted by atomic mass is 32.2. The first-order chi connectivity index (χ1) is 12.4. The van der Waals surface area contributed by atoms with E-state index in [0.29, 0.717) is 24.7 Å². The standard InChI is InChI=1S/C19H29N3O3S/c1-3-15-7-5-6-11-22(15)19(23)18-13-16(8-10-20-18)21(4-2)17-9-12-26(24,25)14-17/h8,10,13,15,17H,3-7,9,11-12,14H2,1-2H3. The molecule has 2 saturated heterocycles. The van der Waals surface area contributed by atoms with Crippen LogP contribution in [0.1, 0.15) is 56.4 Å². The van der Waals surface area contributed by atoms with Gasteiger partial charge < -0.3 is 9.80 Å². The lowest BCUT2D eigenvalue weighted by Crippen LogP contribution is -2.43. The first-order valence-corrected chi connectivity index (χ1v) is 11.5. The molecule has 0 bridgehead atoms. The summed E-state index contributed by atoms with van der Waals surface area (Å²) in [4.78, 5) is 21.4. The maximum absolute atomic E-state index is 13.0. The van der Waals surface area contributed by atoms with E-state index < -0.39 is 9.84 Å². The van der Waals surface area contributed by atoms with E-state index in [2.05, 4.69) is 16.8 Å². The fourth-order valence-corrected chi connectivity index (χ4v) is 5.96. The van der Waals surface area contributed by atoms with Crippen LogP contribution in [0.15, 0.2) is 18.3 Å². The number of likely N-dealkylation sites (tertiary alicyclic amines) is 1. The second-order valence-corrected chi connectivity index (χ2v) is 9.53. The number of sulfone groups is 1. The van der Waals surface area contributed by atoms with E-state index in [9.17, 15) is 13.2 Å². The Morgan fingerprint density at radius 1 is 1.31 bits per heavy atom. The fourth-order valence-electron chi connectivity index (χ4n) is 4.23. The van der Waals surface area contributed by atoms with Gasteiger partial charge in [-0.1, -0.05) is 6.92 Å². The van der Waals surface area contributed by atoms with Crippen LogP contribution in [0.4, 0.5) is 5.69 Å². The molecule has 0 saturated carbocycles. The molecule has 2 fully saturated rings. The number of hydrogen-bond donors (Lipinski definition) is 0. The van der Waals surface area contributed by atoms with E-state index in [4.69, 9.17) is 0 Å². The third kappa shape index (κ3) is 4.03. The Morgan fingerprint density at radius 2 is 2.12 bits per heavy atom. The zero-order chi connectivity index (χ0) is 18.7. The van der Waals surface area contributed by atoms with Crippen molar-refractivity contribution in [3.05, 3.63) is 24.0 Å². The van der Waals surface area contributed by atoms with Gasteiger partial charge in [0.15, 0.2) is 9.84 Å². The summed E-state index contributed by atoms with van der Waals surface area (Å²) in [6.07, 6.45) is 6.55. The predicted molar refractivity (Wildman–Crippen MR) is 103 cm³/mol. The number of aromatic nitrogens is 1. The molecule has 0 N–H and O–H groups in total. The van der Waals surface area contributed by atoms with Gasteiger partial charge in [-0.05, 0) is 51.2 Å².